The normalized spacial score (nSPS) is 12.1. The van der Waals surface area contributed by atoms with Gasteiger partial charge in [-0.1, -0.05) is 273 Å². The number of aromatic nitrogens is 8. The van der Waals surface area contributed by atoms with E-state index < -0.39 is 0 Å². The first-order valence-corrected chi connectivity index (χ1v) is 37.8. The summed E-state index contributed by atoms with van der Waals surface area (Å²) in [6, 6.07) is 138. The molecule has 0 amide bonds. The van der Waals surface area contributed by atoms with Crippen LogP contribution in [0, 0.1) is 0 Å². The lowest BCUT2D eigenvalue weighted by Crippen LogP contribution is -2.14. The molecular formula is C102H64N10. The van der Waals surface area contributed by atoms with Crippen LogP contribution in [0.3, 0.4) is 0 Å². The lowest BCUT2D eigenvalue weighted by Gasteiger charge is -2.26. The van der Waals surface area contributed by atoms with Gasteiger partial charge in [-0.15, -0.1) is 0 Å². The minimum Gasteiger partial charge on any atom is -0.280 e. The third-order valence-corrected chi connectivity index (χ3v) is 21.9. The maximum Gasteiger partial charge on any atom is 0.220 e. The molecule has 20 aromatic rings. The Morgan fingerprint density at radius 1 is 0.188 bits per heavy atom. The Morgan fingerprint density at radius 2 is 0.554 bits per heavy atom. The highest BCUT2D eigenvalue weighted by Gasteiger charge is 2.33. The molecule has 0 aliphatic carbocycles. The molecule has 522 valence electrons. The van der Waals surface area contributed by atoms with Crippen molar-refractivity contribution in [1.29, 1.82) is 0 Å². The highest BCUT2D eigenvalue weighted by molar-refractivity contribution is 6.03. The first-order chi connectivity index (χ1) is 55.5. The van der Waals surface area contributed by atoms with Gasteiger partial charge < -0.3 is 0 Å². The summed E-state index contributed by atoms with van der Waals surface area (Å²) in [6.45, 7) is 0. The molecular weight excluding hydrogens is 1370 g/mol. The fourth-order valence-electron chi connectivity index (χ4n) is 16.7. The van der Waals surface area contributed by atoms with Crippen molar-refractivity contribution >= 4 is 78.3 Å². The van der Waals surface area contributed by atoms with Gasteiger partial charge >= 0.3 is 0 Å². The fourth-order valence-corrected chi connectivity index (χ4v) is 16.7. The molecule has 0 bridgehead atoms. The van der Waals surface area contributed by atoms with Gasteiger partial charge in [0.15, 0.2) is 11.6 Å². The molecule has 2 aliphatic rings. The molecule has 0 fully saturated rings. The summed E-state index contributed by atoms with van der Waals surface area (Å²) >= 11 is 0. The van der Waals surface area contributed by atoms with Gasteiger partial charge in [-0.3, -0.25) is 18.9 Å². The fraction of sp³-hybridized carbons (Fsp3) is 0. The van der Waals surface area contributed by atoms with Crippen molar-refractivity contribution < 1.29 is 0 Å². The Bertz CT molecular complexity index is 7100. The van der Waals surface area contributed by atoms with Crippen molar-refractivity contribution in [3.05, 3.63) is 388 Å². The van der Waals surface area contributed by atoms with E-state index >= 15 is 0 Å². The Morgan fingerprint density at radius 3 is 1.12 bits per heavy atom. The van der Waals surface area contributed by atoms with Crippen molar-refractivity contribution in [3.63, 3.8) is 0 Å². The Balaban J connectivity index is 0.700. The van der Waals surface area contributed by atoms with Crippen molar-refractivity contribution in [2.45, 2.75) is 0 Å². The highest BCUT2D eigenvalue weighted by atomic mass is 15.3. The summed E-state index contributed by atoms with van der Waals surface area (Å²) in [7, 11) is 0. The van der Waals surface area contributed by atoms with Gasteiger partial charge in [0.25, 0.3) is 0 Å². The second-order valence-corrected chi connectivity index (χ2v) is 28.7. The van der Waals surface area contributed by atoms with E-state index in [0.29, 0.717) is 11.6 Å². The summed E-state index contributed by atoms with van der Waals surface area (Å²) in [5, 5.41) is 4.52. The SMILES string of the molecule is c1ccc(-c2cc(-c3cc(-c4ccc5ccc(-c6cccc(-c7cc(-c8cc(-c9cccc%10ccccc9%10)cc(N9c%10ccccc%10-c%10ccccc%10-n%10c9nc9ccccc9%10)c8)nc(-c8ccccc8)n7)c6)cc5c4)cc(N4c5ccccc5-c5ccccc5-n5c4nc4ccccc45)c3)nc(-c3ccccc3)n2)cc1. The zero-order valence-corrected chi connectivity index (χ0v) is 60.4. The molecule has 0 unspecified atom stereocenters. The average molecular weight is 1430 g/mol. The summed E-state index contributed by atoms with van der Waals surface area (Å²) in [5.74, 6) is 2.83. The molecule has 0 spiro atoms. The van der Waals surface area contributed by atoms with Crippen LogP contribution in [0.5, 0.6) is 0 Å². The van der Waals surface area contributed by atoms with E-state index in [2.05, 4.69) is 377 Å². The molecule has 10 heteroatoms. The number of fused-ring (bicyclic) bond motifs is 16. The monoisotopic (exact) mass is 1430 g/mol. The van der Waals surface area contributed by atoms with Gasteiger partial charge in [-0.2, -0.15) is 0 Å². The first-order valence-electron chi connectivity index (χ1n) is 37.8. The zero-order chi connectivity index (χ0) is 73.7. The molecule has 10 nitrogen and oxygen atoms in total. The molecule has 6 heterocycles. The van der Waals surface area contributed by atoms with E-state index in [9.17, 15) is 0 Å². The number of imidazole rings is 2. The topological polar surface area (TPSA) is 93.7 Å². The van der Waals surface area contributed by atoms with Crippen LogP contribution in [0.2, 0.25) is 0 Å². The van der Waals surface area contributed by atoms with Crippen LogP contribution in [-0.4, -0.2) is 39.0 Å². The number of hydrogen-bond acceptors (Lipinski definition) is 8. The molecule has 22 rings (SSSR count). The summed E-state index contributed by atoms with van der Waals surface area (Å²) in [5.41, 5.74) is 29.5. The van der Waals surface area contributed by atoms with Crippen LogP contribution in [0.4, 0.5) is 34.6 Å². The average Bonchev–Trinajstić information content (AvgIpc) is 1.57. The van der Waals surface area contributed by atoms with Crippen molar-refractivity contribution in [2.75, 3.05) is 9.80 Å². The standard InChI is InChI=1S/C102H64N10/c1-4-27-67(28-5-1)89-63-91(105-99(103-89)68-29-6-2-7-30-68)77-57-75(59-79(61-77)109-93-44-18-12-37-83(93)85-39-14-20-46-95(85)111-97-48-22-16-42-87(97)107-101(109)111)72-53-51-65-50-52-71(55-74(65)56-72)70-34-24-35-73(54-70)90-64-92(106-100(104-90)69-31-8-3-9-32-69)78-58-76(82-41-25-33-66-26-10-11-36-81(66)82)60-80(62-78)110-94-45-19-13-38-84(94)86-40-15-21-47-96(86)112-98-49-23-17-43-88(98)108-102(110)112/h1-64H. The number of para-hydroxylation sites is 8. The van der Waals surface area contributed by atoms with E-state index in [1.807, 2.05) is 30.3 Å². The van der Waals surface area contributed by atoms with Gasteiger partial charge in [0.1, 0.15) is 0 Å². The molecule has 0 atom stereocenters. The van der Waals surface area contributed by atoms with Crippen molar-refractivity contribution in [3.8, 4) is 135 Å². The second-order valence-electron chi connectivity index (χ2n) is 28.7. The van der Waals surface area contributed by atoms with Gasteiger partial charge in [-0.25, -0.2) is 29.9 Å². The molecule has 4 aromatic heterocycles. The molecule has 0 saturated heterocycles. The smallest absolute Gasteiger partial charge is 0.220 e. The lowest BCUT2D eigenvalue weighted by atomic mass is 9.94. The quantitative estimate of drug-likeness (QED) is 0.126. The maximum atomic E-state index is 5.57. The number of nitrogens with zero attached hydrogens (tertiary/aromatic N) is 10. The van der Waals surface area contributed by atoms with Gasteiger partial charge in [0.2, 0.25) is 11.9 Å². The van der Waals surface area contributed by atoms with Gasteiger partial charge in [0.05, 0.1) is 79.0 Å². The summed E-state index contributed by atoms with van der Waals surface area (Å²) in [4.78, 5) is 37.5. The number of anilines is 6. The van der Waals surface area contributed by atoms with Crippen LogP contribution in [-0.2, 0) is 0 Å². The molecule has 2 aliphatic heterocycles. The predicted molar refractivity (Wildman–Crippen MR) is 458 cm³/mol. The largest absolute Gasteiger partial charge is 0.280 e. The lowest BCUT2D eigenvalue weighted by molar-refractivity contribution is 1.05. The van der Waals surface area contributed by atoms with Gasteiger partial charge in [0, 0.05) is 55.6 Å². The third kappa shape index (κ3) is 10.9. The Labute approximate surface area is 646 Å². The van der Waals surface area contributed by atoms with E-state index in [0.717, 1.165) is 201 Å². The van der Waals surface area contributed by atoms with E-state index in [1.54, 1.807) is 0 Å². The third-order valence-electron chi connectivity index (χ3n) is 21.9. The zero-order valence-electron chi connectivity index (χ0n) is 60.4. The molecule has 0 saturated carbocycles. The van der Waals surface area contributed by atoms with E-state index in [4.69, 9.17) is 29.9 Å². The van der Waals surface area contributed by atoms with Gasteiger partial charge in [-0.05, 0) is 170 Å². The Hall–Kier alpha value is -15.3. The molecule has 0 N–H and O–H groups in total. The minimum atomic E-state index is 0.621. The molecule has 0 radical (unpaired) electrons. The predicted octanol–water partition coefficient (Wildman–Crippen LogP) is 26.2. The van der Waals surface area contributed by atoms with Crippen LogP contribution in [0.1, 0.15) is 0 Å². The summed E-state index contributed by atoms with van der Waals surface area (Å²) < 4.78 is 4.64. The van der Waals surface area contributed by atoms with Crippen LogP contribution in [0.15, 0.2) is 388 Å². The van der Waals surface area contributed by atoms with Crippen molar-refractivity contribution in [2.24, 2.45) is 0 Å². The highest BCUT2D eigenvalue weighted by Crippen LogP contribution is 2.52. The van der Waals surface area contributed by atoms with E-state index in [1.165, 1.54) is 0 Å². The summed E-state index contributed by atoms with van der Waals surface area (Å²) in [6.07, 6.45) is 0. The molecule has 112 heavy (non-hydrogen) atoms. The number of rotatable bonds is 11. The number of benzene rings is 16. The number of hydrogen-bond donors (Lipinski definition) is 0. The van der Waals surface area contributed by atoms with Crippen molar-refractivity contribution in [1.82, 2.24) is 39.0 Å². The minimum absolute atomic E-state index is 0.621. The van der Waals surface area contributed by atoms with Crippen LogP contribution >= 0.6 is 0 Å². The second kappa shape index (κ2) is 26.3. The maximum absolute atomic E-state index is 5.57. The van der Waals surface area contributed by atoms with Crippen LogP contribution < -0.4 is 9.80 Å². The Kier molecular flexibility index (Phi) is 15.0. The van der Waals surface area contributed by atoms with E-state index in [-0.39, 0.29) is 0 Å². The van der Waals surface area contributed by atoms with Crippen LogP contribution in [0.25, 0.3) is 178 Å². The first kappa shape index (κ1) is 64.0. The molecule has 16 aromatic carbocycles.